The summed E-state index contributed by atoms with van der Waals surface area (Å²) < 4.78 is 12.5. The first-order valence-corrected chi connectivity index (χ1v) is 20.0. The van der Waals surface area contributed by atoms with Crippen LogP contribution in [0.2, 0.25) is 0 Å². The second-order valence-corrected chi connectivity index (χ2v) is 17.4. The van der Waals surface area contributed by atoms with E-state index in [2.05, 4.69) is 46.0 Å². The lowest BCUT2D eigenvalue weighted by atomic mass is 10.1. The molecule has 0 unspecified atom stereocenters. The third kappa shape index (κ3) is 32.2. The molecule has 0 bridgehead atoms. The fraction of sp³-hybridized carbons (Fsp3) is 0.941. The molecule has 0 rings (SSSR count). The molecule has 0 amide bonds. The minimum absolute atomic E-state index is 0.0189. The molecule has 0 saturated carbocycles. The Hall–Kier alpha value is 0.0900. The zero-order valence-electron chi connectivity index (χ0n) is 26.4. The fourth-order valence-electron chi connectivity index (χ4n) is 4.79. The van der Waals surface area contributed by atoms with Gasteiger partial charge in [0, 0.05) is 40.5 Å². The van der Waals surface area contributed by atoms with Gasteiger partial charge in [0.15, 0.2) is 6.29 Å². The molecule has 0 radical (unpaired) electrons. The van der Waals surface area contributed by atoms with Crippen LogP contribution in [-0.4, -0.2) is 45.7 Å². The predicted octanol–water partition coefficient (Wildman–Crippen LogP) is 11.8. The predicted molar refractivity (Wildman–Crippen MR) is 172 cm³/mol. The maximum Gasteiger partial charge on any atom is 0.157 e. The molecule has 0 atom stereocenters. The Morgan fingerprint density at radius 2 is 0.892 bits per heavy atom. The van der Waals surface area contributed by atoms with Crippen molar-refractivity contribution in [3.8, 4) is 0 Å². The second kappa shape index (κ2) is 29.1. The Bertz CT molecular complexity index is 435. The molecular formula is C34H70O2P+. The average Bonchev–Trinajstić information content (AvgIpc) is 2.86. The van der Waals surface area contributed by atoms with Crippen LogP contribution < -0.4 is 0 Å². The first-order valence-electron chi connectivity index (χ1n) is 16.7. The third-order valence-electron chi connectivity index (χ3n) is 7.28. The van der Waals surface area contributed by atoms with Gasteiger partial charge in [-0.1, -0.05) is 122 Å². The summed E-state index contributed by atoms with van der Waals surface area (Å²) >= 11 is 0. The molecule has 0 heterocycles. The lowest BCUT2D eigenvalue weighted by Gasteiger charge is -2.19. The molecule has 0 fully saturated rings. The molecule has 0 aliphatic carbocycles. The van der Waals surface area contributed by atoms with Crippen LogP contribution in [0.4, 0.5) is 0 Å². The van der Waals surface area contributed by atoms with E-state index in [0.29, 0.717) is 0 Å². The molecule has 0 aliphatic rings. The first-order chi connectivity index (χ1) is 18.0. The van der Waals surface area contributed by atoms with Gasteiger partial charge in [-0.25, -0.2) is 0 Å². The van der Waals surface area contributed by atoms with Crippen molar-refractivity contribution in [2.45, 2.75) is 168 Å². The number of ether oxygens (including phenoxy) is 2. The van der Waals surface area contributed by atoms with E-state index in [-0.39, 0.29) is 6.29 Å². The fourth-order valence-corrected chi connectivity index (χ4v) is 5.92. The van der Waals surface area contributed by atoms with Crippen LogP contribution in [0, 0.1) is 0 Å². The molecule has 0 aromatic rings. The van der Waals surface area contributed by atoms with Crippen LogP contribution in [0.5, 0.6) is 0 Å². The van der Waals surface area contributed by atoms with Crippen LogP contribution in [0.15, 0.2) is 12.2 Å². The lowest BCUT2D eigenvalue weighted by molar-refractivity contribution is -0.148. The van der Waals surface area contributed by atoms with Crippen molar-refractivity contribution in [2.24, 2.45) is 0 Å². The van der Waals surface area contributed by atoms with Gasteiger partial charge in [-0.15, -0.1) is 0 Å². The third-order valence-corrected chi connectivity index (χ3v) is 8.94. The molecule has 0 saturated heterocycles. The highest BCUT2D eigenvalue weighted by Crippen LogP contribution is 2.47. The summed E-state index contributed by atoms with van der Waals surface area (Å²) in [5.41, 5.74) is 0. The molecule has 0 aromatic carbocycles. The normalized spacial score (nSPS) is 12.4. The van der Waals surface area contributed by atoms with E-state index in [4.69, 9.17) is 9.47 Å². The van der Waals surface area contributed by atoms with Crippen LogP contribution in [0.3, 0.4) is 0 Å². The standard InChI is InChI=1S/C34H70O2P/c1-6-8-10-12-14-19-23-27-31-35-34(36-32-28-24-20-15-13-11-9-7-2)30-26-22-18-16-17-21-25-29-33-37(3,4)5/h17,21,34H,6-16,18-20,22-33H2,1-5H3/q+1/b21-17+. The van der Waals surface area contributed by atoms with Gasteiger partial charge in [-0.05, 0) is 51.4 Å². The lowest BCUT2D eigenvalue weighted by Crippen LogP contribution is -2.19. The molecule has 2 nitrogen and oxygen atoms in total. The van der Waals surface area contributed by atoms with Gasteiger partial charge < -0.3 is 9.47 Å². The van der Waals surface area contributed by atoms with Crippen LogP contribution in [0.1, 0.15) is 162 Å². The Morgan fingerprint density at radius 1 is 0.486 bits per heavy atom. The van der Waals surface area contributed by atoms with Crippen molar-refractivity contribution in [1.29, 1.82) is 0 Å². The van der Waals surface area contributed by atoms with Gasteiger partial charge >= 0.3 is 0 Å². The molecule has 0 aromatic heterocycles. The number of allylic oxidation sites excluding steroid dienone is 2. The number of hydrogen-bond acceptors (Lipinski definition) is 2. The Labute approximate surface area is 235 Å². The topological polar surface area (TPSA) is 18.5 Å². The number of rotatable bonds is 30. The van der Waals surface area contributed by atoms with Gasteiger partial charge in [0.25, 0.3) is 0 Å². The summed E-state index contributed by atoms with van der Waals surface area (Å²) in [7, 11) is -0.593. The molecule has 37 heavy (non-hydrogen) atoms. The minimum Gasteiger partial charge on any atom is -0.353 e. The van der Waals surface area contributed by atoms with Crippen molar-refractivity contribution in [2.75, 3.05) is 39.4 Å². The van der Waals surface area contributed by atoms with E-state index in [1.807, 2.05) is 0 Å². The maximum absolute atomic E-state index is 6.23. The van der Waals surface area contributed by atoms with Crippen LogP contribution in [-0.2, 0) is 9.47 Å². The zero-order chi connectivity index (χ0) is 27.3. The highest BCUT2D eigenvalue weighted by Gasteiger charge is 2.15. The number of hydrogen-bond donors (Lipinski definition) is 0. The summed E-state index contributed by atoms with van der Waals surface area (Å²) in [6.45, 7) is 13.7. The van der Waals surface area contributed by atoms with E-state index in [0.717, 1.165) is 19.6 Å². The minimum atomic E-state index is -0.593. The van der Waals surface area contributed by atoms with Gasteiger partial charge in [0.05, 0.1) is 6.16 Å². The van der Waals surface area contributed by atoms with Gasteiger partial charge in [0.1, 0.15) is 0 Å². The van der Waals surface area contributed by atoms with Crippen molar-refractivity contribution in [3.63, 3.8) is 0 Å². The molecule has 0 aliphatic heterocycles. The average molecular weight is 542 g/mol. The summed E-state index contributed by atoms with van der Waals surface area (Å²) in [6, 6.07) is 0. The van der Waals surface area contributed by atoms with Crippen LogP contribution >= 0.6 is 7.26 Å². The van der Waals surface area contributed by atoms with E-state index in [9.17, 15) is 0 Å². The Morgan fingerprint density at radius 3 is 1.35 bits per heavy atom. The highest BCUT2D eigenvalue weighted by atomic mass is 31.2. The Kier molecular flexibility index (Phi) is 29.2. The number of unbranched alkanes of at least 4 members (excludes halogenated alkanes) is 18. The van der Waals surface area contributed by atoms with Crippen molar-refractivity contribution >= 4 is 7.26 Å². The molecule has 3 heteroatoms. The second-order valence-electron chi connectivity index (χ2n) is 12.4. The summed E-state index contributed by atoms with van der Waals surface area (Å²) in [4.78, 5) is 0. The van der Waals surface area contributed by atoms with Gasteiger partial charge in [-0.3, -0.25) is 0 Å². The SMILES string of the molecule is CCCCCCCCCCOC(CCCCC/C=C/CCC[P+](C)(C)C)OCCCCCCCCCC. The van der Waals surface area contributed by atoms with Crippen molar-refractivity contribution in [3.05, 3.63) is 12.2 Å². The summed E-state index contributed by atoms with van der Waals surface area (Å²) in [5, 5.41) is 0. The monoisotopic (exact) mass is 542 g/mol. The van der Waals surface area contributed by atoms with E-state index >= 15 is 0 Å². The van der Waals surface area contributed by atoms with E-state index < -0.39 is 7.26 Å². The van der Waals surface area contributed by atoms with E-state index in [1.54, 1.807) is 0 Å². The summed E-state index contributed by atoms with van der Waals surface area (Å²) in [6.07, 6.45) is 36.6. The molecule has 0 spiro atoms. The van der Waals surface area contributed by atoms with E-state index in [1.165, 1.54) is 147 Å². The quantitative estimate of drug-likeness (QED) is 0.0389. The highest BCUT2D eigenvalue weighted by molar-refractivity contribution is 7.73. The van der Waals surface area contributed by atoms with Crippen molar-refractivity contribution in [1.82, 2.24) is 0 Å². The van der Waals surface area contributed by atoms with Gasteiger partial charge in [0.2, 0.25) is 0 Å². The first kappa shape index (κ1) is 37.1. The zero-order valence-corrected chi connectivity index (χ0v) is 27.3. The van der Waals surface area contributed by atoms with Gasteiger partial charge in [-0.2, -0.15) is 0 Å². The van der Waals surface area contributed by atoms with Crippen LogP contribution in [0.25, 0.3) is 0 Å². The van der Waals surface area contributed by atoms with Crippen molar-refractivity contribution < 1.29 is 9.47 Å². The molecule has 0 N–H and O–H groups in total. The molecular weight excluding hydrogens is 471 g/mol. The summed E-state index contributed by atoms with van der Waals surface area (Å²) in [5.74, 6) is 0. The Balaban J connectivity index is 3.96. The smallest absolute Gasteiger partial charge is 0.157 e. The maximum atomic E-state index is 6.23. The molecule has 222 valence electrons. The largest absolute Gasteiger partial charge is 0.353 e.